The summed E-state index contributed by atoms with van der Waals surface area (Å²) in [4.78, 5) is 10.7. The van der Waals surface area contributed by atoms with Gasteiger partial charge in [0.05, 0.1) is 23.3 Å². The van der Waals surface area contributed by atoms with Crippen LogP contribution in [0.4, 0.5) is 0 Å². The molecule has 0 saturated heterocycles. The van der Waals surface area contributed by atoms with Crippen LogP contribution in [0, 0.1) is 0 Å². The predicted octanol–water partition coefficient (Wildman–Crippen LogP) is 6.74. The Balaban J connectivity index is 1.74. The first kappa shape index (κ1) is 22.7. The van der Waals surface area contributed by atoms with E-state index in [9.17, 15) is 4.79 Å². The smallest absolute Gasteiger partial charge is 0.156 e. The summed E-state index contributed by atoms with van der Waals surface area (Å²) in [5.74, 6) is 1.55. The standard InChI is InChI=1S/C20H18Cl4O4/c21-17-11-16(27-9-6-19(23)24)12-18(22)20(17)28-8-2-1-7-26-15-5-3-4-14(10-15)13-25/h3-6,10-13H,1-2,7-9H2. The van der Waals surface area contributed by atoms with E-state index in [0.717, 1.165) is 19.1 Å². The lowest BCUT2D eigenvalue weighted by Gasteiger charge is -2.12. The van der Waals surface area contributed by atoms with Gasteiger partial charge in [-0.1, -0.05) is 58.5 Å². The van der Waals surface area contributed by atoms with Crippen molar-refractivity contribution in [3.05, 3.63) is 62.6 Å². The van der Waals surface area contributed by atoms with Gasteiger partial charge in [-0.05, 0) is 31.1 Å². The van der Waals surface area contributed by atoms with Crippen molar-refractivity contribution in [3.63, 3.8) is 0 Å². The monoisotopic (exact) mass is 462 g/mol. The molecule has 0 amide bonds. The molecule has 4 nitrogen and oxygen atoms in total. The van der Waals surface area contributed by atoms with Crippen LogP contribution in [-0.4, -0.2) is 26.1 Å². The first-order valence-corrected chi connectivity index (χ1v) is 9.94. The summed E-state index contributed by atoms with van der Waals surface area (Å²) >= 11 is 23.5. The maximum atomic E-state index is 10.7. The van der Waals surface area contributed by atoms with Gasteiger partial charge in [-0.15, -0.1) is 0 Å². The van der Waals surface area contributed by atoms with Crippen LogP contribution in [0.25, 0.3) is 0 Å². The van der Waals surface area contributed by atoms with Gasteiger partial charge < -0.3 is 14.2 Å². The molecule has 0 N–H and O–H groups in total. The molecule has 0 atom stereocenters. The zero-order valence-electron chi connectivity index (χ0n) is 14.8. The second-order valence-electron chi connectivity index (χ2n) is 5.62. The van der Waals surface area contributed by atoms with Crippen molar-refractivity contribution in [1.82, 2.24) is 0 Å². The SMILES string of the molecule is O=Cc1cccc(OCCCCOc2c(Cl)cc(OCC=C(Cl)Cl)cc2Cl)c1. The van der Waals surface area contributed by atoms with E-state index in [2.05, 4.69) is 0 Å². The molecule has 2 rings (SSSR count). The minimum atomic E-state index is 0.123. The van der Waals surface area contributed by atoms with E-state index >= 15 is 0 Å². The van der Waals surface area contributed by atoms with Gasteiger partial charge in [0.25, 0.3) is 0 Å². The summed E-state index contributed by atoms with van der Waals surface area (Å²) < 4.78 is 16.9. The molecule has 2 aromatic rings. The molecule has 0 fully saturated rings. The molecule has 0 aromatic heterocycles. The van der Waals surface area contributed by atoms with Crippen molar-refractivity contribution in [3.8, 4) is 17.2 Å². The van der Waals surface area contributed by atoms with E-state index in [1.165, 1.54) is 6.08 Å². The minimum Gasteiger partial charge on any atom is -0.494 e. The molecule has 0 aliphatic heterocycles. The Hall–Kier alpha value is -1.59. The van der Waals surface area contributed by atoms with Gasteiger partial charge in [0.2, 0.25) is 0 Å². The van der Waals surface area contributed by atoms with E-state index in [0.29, 0.717) is 46.1 Å². The number of hydrogen-bond donors (Lipinski definition) is 0. The first-order valence-electron chi connectivity index (χ1n) is 8.43. The summed E-state index contributed by atoms with van der Waals surface area (Å²) in [6, 6.07) is 10.2. The molecule has 0 heterocycles. The van der Waals surface area contributed by atoms with E-state index in [1.807, 2.05) is 6.07 Å². The molecular weight excluding hydrogens is 446 g/mol. The maximum Gasteiger partial charge on any atom is 0.156 e. The number of benzene rings is 2. The van der Waals surface area contributed by atoms with Gasteiger partial charge >= 0.3 is 0 Å². The Bertz CT molecular complexity index is 797. The van der Waals surface area contributed by atoms with Crippen LogP contribution in [0.1, 0.15) is 23.2 Å². The van der Waals surface area contributed by atoms with Crippen LogP contribution in [0.15, 0.2) is 47.0 Å². The van der Waals surface area contributed by atoms with Gasteiger partial charge in [0, 0.05) is 17.7 Å². The van der Waals surface area contributed by atoms with Crippen LogP contribution in [0.3, 0.4) is 0 Å². The van der Waals surface area contributed by atoms with Crippen molar-refractivity contribution in [2.75, 3.05) is 19.8 Å². The van der Waals surface area contributed by atoms with E-state index in [-0.39, 0.29) is 11.1 Å². The normalized spacial score (nSPS) is 10.3. The Kier molecular flexibility index (Phi) is 9.79. The van der Waals surface area contributed by atoms with E-state index in [1.54, 1.807) is 30.3 Å². The molecule has 0 aliphatic rings. The van der Waals surface area contributed by atoms with Gasteiger partial charge in [-0.2, -0.15) is 0 Å². The molecule has 0 unspecified atom stereocenters. The Labute approximate surface area is 183 Å². The highest BCUT2D eigenvalue weighted by atomic mass is 35.5. The average Bonchev–Trinajstić information content (AvgIpc) is 2.66. The van der Waals surface area contributed by atoms with Gasteiger partial charge in [0.1, 0.15) is 28.9 Å². The highest BCUT2D eigenvalue weighted by Crippen LogP contribution is 2.37. The highest BCUT2D eigenvalue weighted by molar-refractivity contribution is 6.55. The van der Waals surface area contributed by atoms with Gasteiger partial charge in [0.15, 0.2) is 5.75 Å². The quantitative estimate of drug-likeness (QED) is 0.273. The van der Waals surface area contributed by atoms with Crippen LogP contribution in [0.2, 0.25) is 10.0 Å². The summed E-state index contributed by atoms with van der Waals surface area (Å²) in [5, 5.41) is 0.704. The molecule has 0 bridgehead atoms. The first-order chi connectivity index (χ1) is 13.5. The average molecular weight is 464 g/mol. The largest absolute Gasteiger partial charge is 0.494 e. The second-order valence-corrected chi connectivity index (χ2v) is 7.44. The molecule has 0 radical (unpaired) electrons. The third kappa shape index (κ3) is 7.80. The van der Waals surface area contributed by atoms with Crippen LogP contribution in [-0.2, 0) is 0 Å². The molecule has 150 valence electrons. The topological polar surface area (TPSA) is 44.8 Å². The Morgan fingerprint density at radius 3 is 2.21 bits per heavy atom. The number of aldehydes is 1. The number of hydrogen-bond acceptors (Lipinski definition) is 4. The van der Waals surface area contributed by atoms with Crippen molar-refractivity contribution >= 4 is 52.7 Å². The summed E-state index contributed by atoms with van der Waals surface area (Å²) in [5.41, 5.74) is 0.583. The lowest BCUT2D eigenvalue weighted by atomic mass is 10.2. The van der Waals surface area contributed by atoms with Gasteiger partial charge in [-0.3, -0.25) is 4.79 Å². The van der Waals surface area contributed by atoms with Crippen LogP contribution >= 0.6 is 46.4 Å². The number of ether oxygens (including phenoxy) is 3. The molecule has 0 spiro atoms. The van der Waals surface area contributed by atoms with Crippen molar-refractivity contribution < 1.29 is 19.0 Å². The van der Waals surface area contributed by atoms with Crippen molar-refractivity contribution in [1.29, 1.82) is 0 Å². The molecule has 0 aliphatic carbocycles. The zero-order chi connectivity index (χ0) is 20.4. The number of carbonyl (C=O) groups is 1. The summed E-state index contributed by atoms with van der Waals surface area (Å²) in [6.07, 6.45) is 3.81. The molecular formula is C20H18Cl4O4. The van der Waals surface area contributed by atoms with Crippen molar-refractivity contribution in [2.45, 2.75) is 12.8 Å². The Morgan fingerprint density at radius 2 is 1.57 bits per heavy atom. The van der Waals surface area contributed by atoms with Gasteiger partial charge in [-0.25, -0.2) is 0 Å². The van der Waals surface area contributed by atoms with Crippen LogP contribution < -0.4 is 14.2 Å². The second kappa shape index (κ2) is 12.1. The Morgan fingerprint density at radius 1 is 0.893 bits per heavy atom. The summed E-state index contributed by atoms with van der Waals surface area (Å²) in [7, 11) is 0. The van der Waals surface area contributed by atoms with E-state index < -0.39 is 0 Å². The lowest BCUT2D eigenvalue weighted by molar-refractivity contribution is 0.112. The lowest BCUT2D eigenvalue weighted by Crippen LogP contribution is -2.03. The zero-order valence-corrected chi connectivity index (χ0v) is 17.8. The molecule has 2 aromatic carbocycles. The predicted molar refractivity (Wildman–Crippen MR) is 114 cm³/mol. The van der Waals surface area contributed by atoms with Crippen molar-refractivity contribution in [2.24, 2.45) is 0 Å². The number of halogens is 4. The fraction of sp³-hybridized carbons (Fsp3) is 0.250. The number of rotatable bonds is 11. The molecule has 28 heavy (non-hydrogen) atoms. The summed E-state index contributed by atoms with van der Waals surface area (Å²) in [6.45, 7) is 1.14. The molecule has 0 saturated carbocycles. The number of carbonyl (C=O) groups excluding carboxylic acids is 1. The van der Waals surface area contributed by atoms with E-state index in [4.69, 9.17) is 60.6 Å². The number of unbranched alkanes of at least 4 members (excludes halogenated alkanes) is 1. The minimum absolute atomic E-state index is 0.123. The third-order valence-corrected chi connectivity index (χ3v) is 4.38. The fourth-order valence-electron chi connectivity index (χ4n) is 2.20. The molecule has 8 heteroatoms. The highest BCUT2D eigenvalue weighted by Gasteiger charge is 2.10. The van der Waals surface area contributed by atoms with Crippen LogP contribution in [0.5, 0.6) is 17.2 Å². The fourth-order valence-corrected chi connectivity index (χ4v) is 2.91. The third-order valence-electron chi connectivity index (χ3n) is 3.51. The maximum absolute atomic E-state index is 10.7.